The second kappa shape index (κ2) is 7.98. The summed E-state index contributed by atoms with van der Waals surface area (Å²) in [4.78, 5) is 25.8. The molecule has 2 atom stereocenters. The van der Waals surface area contributed by atoms with Gasteiger partial charge in [0, 0.05) is 24.7 Å². The maximum Gasteiger partial charge on any atom is 0.308 e. The second-order valence-electron chi connectivity index (χ2n) is 7.72. The van der Waals surface area contributed by atoms with Gasteiger partial charge in [-0.25, -0.2) is 13.1 Å². The quantitative estimate of drug-likeness (QED) is 0.796. The zero-order valence-electron chi connectivity index (χ0n) is 15.4. The van der Waals surface area contributed by atoms with E-state index in [9.17, 15) is 23.1 Å². The number of likely N-dealkylation sites (tertiary alicyclic amines) is 1. The van der Waals surface area contributed by atoms with Gasteiger partial charge in [0.05, 0.1) is 10.8 Å². The van der Waals surface area contributed by atoms with Crippen molar-refractivity contribution in [3.8, 4) is 0 Å². The van der Waals surface area contributed by atoms with Gasteiger partial charge in [0.1, 0.15) is 0 Å². The highest BCUT2D eigenvalue weighted by molar-refractivity contribution is 7.89. The molecule has 1 aliphatic heterocycles. The van der Waals surface area contributed by atoms with E-state index >= 15 is 0 Å². The first-order valence-electron chi connectivity index (χ1n) is 9.41. The number of benzene rings is 1. The van der Waals surface area contributed by atoms with Gasteiger partial charge in [-0.15, -0.1) is 0 Å². The molecule has 1 aromatic rings. The Morgan fingerprint density at radius 3 is 2.56 bits per heavy atom. The Hall–Kier alpha value is -1.93. The number of nitrogens with zero attached hydrogens (tertiary/aromatic N) is 1. The van der Waals surface area contributed by atoms with Crippen LogP contribution in [0, 0.1) is 11.8 Å². The van der Waals surface area contributed by atoms with Crippen LogP contribution in [0.3, 0.4) is 0 Å². The normalized spacial score (nSPS) is 24.1. The number of carbonyl (C=O) groups is 2. The molecule has 1 saturated heterocycles. The van der Waals surface area contributed by atoms with Gasteiger partial charge < -0.3 is 10.0 Å². The molecule has 1 saturated carbocycles. The first kappa shape index (κ1) is 19.8. The van der Waals surface area contributed by atoms with E-state index in [1.807, 2.05) is 6.92 Å². The number of aliphatic carboxylic acids is 1. The molecule has 148 valence electrons. The summed E-state index contributed by atoms with van der Waals surface area (Å²) < 4.78 is 28.0. The van der Waals surface area contributed by atoms with Crippen LogP contribution in [-0.2, 0) is 14.8 Å². The Morgan fingerprint density at radius 1 is 1.19 bits per heavy atom. The van der Waals surface area contributed by atoms with Crippen molar-refractivity contribution in [2.75, 3.05) is 13.1 Å². The second-order valence-corrected chi connectivity index (χ2v) is 9.43. The summed E-state index contributed by atoms with van der Waals surface area (Å²) in [5, 5.41) is 9.29. The van der Waals surface area contributed by atoms with Gasteiger partial charge >= 0.3 is 5.97 Å². The van der Waals surface area contributed by atoms with Crippen molar-refractivity contribution in [2.45, 2.75) is 50.0 Å². The van der Waals surface area contributed by atoms with Crippen LogP contribution in [0.2, 0.25) is 0 Å². The molecule has 27 heavy (non-hydrogen) atoms. The van der Waals surface area contributed by atoms with Crippen LogP contribution in [0.15, 0.2) is 29.2 Å². The predicted molar refractivity (Wildman–Crippen MR) is 99.8 cm³/mol. The molecule has 0 spiro atoms. The molecule has 2 unspecified atom stereocenters. The van der Waals surface area contributed by atoms with Crippen molar-refractivity contribution in [2.24, 2.45) is 11.8 Å². The highest BCUT2D eigenvalue weighted by Crippen LogP contribution is 2.25. The third-order valence-corrected chi connectivity index (χ3v) is 6.88. The molecule has 2 aliphatic rings. The Morgan fingerprint density at radius 2 is 1.89 bits per heavy atom. The lowest BCUT2D eigenvalue weighted by Gasteiger charge is -2.34. The van der Waals surface area contributed by atoms with Gasteiger partial charge in [0.15, 0.2) is 0 Å². The fraction of sp³-hybridized carbons (Fsp3) is 0.579. The van der Waals surface area contributed by atoms with Crippen molar-refractivity contribution in [1.29, 1.82) is 0 Å². The fourth-order valence-corrected chi connectivity index (χ4v) is 5.36. The molecule has 0 bridgehead atoms. The van der Waals surface area contributed by atoms with Crippen LogP contribution in [0.5, 0.6) is 0 Å². The summed E-state index contributed by atoms with van der Waals surface area (Å²) in [6, 6.07) is 5.94. The minimum Gasteiger partial charge on any atom is -0.481 e. The fourth-order valence-electron chi connectivity index (χ4n) is 4.01. The minimum atomic E-state index is -3.68. The molecular formula is C19H26N2O5S. The van der Waals surface area contributed by atoms with Gasteiger partial charge in [0.25, 0.3) is 5.91 Å². The molecule has 2 N–H and O–H groups in total. The smallest absolute Gasteiger partial charge is 0.308 e. The molecular weight excluding hydrogens is 368 g/mol. The van der Waals surface area contributed by atoms with E-state index in [0.717, 1.165) is 25.7 Å². The van der Waals surface area contributed by atoms with Crippen LogP contribution in [0.25, 0.3) is 0 Å². The molecule has 1 heterocycles. The Labute approximate surface area is 159 Å². The molecule has 3 rings (SSSR count). The van der Waals surface area contributed by atoms with Crippen molar-refractivity contribution in [3.05, 3.63) is 29.8 Å². The Balaban J connectivity index is 1.78. The number of amides is 1. The number of piperidine rings is 1. The number of carbonyl (C=O) groups excluding carboxylic acids is 1. The average molecular weight is 394 g/mol. The Bertz CT molecular complexity index is 817. The summed E-state index contributed by atoms with van der Waals surface area (Å²) in [6.07, 6.45) is 4.24. The maximum atomic E-state index is 12.9. The van der Waals surface area contributed by atoms with Crippen LogP contribution in [0.4, 0.5) is 0 Å². The SMILES string of the molecule is CC1CC(C(=O)O)CN(C(=O)c2cccc(S(=O)(=O)NC3CCCC3)c2)C1. The summed E-state index contributed by atoms with van der Waals surface area (Å²) in [5.41, 5.74) is 0.266. The van der Waals surface area contributed by atoms with Gasteiger partial charge in [-0.3, -0.25) is 9.59 Å². The first-order valence-corrected chi connectivity index (χ1v) is 10.9. The highest BCUT2D eigenvalue weighted by atomic mass is 32.2. The molecule has 1 aromatic carbocycles. The van der Waals surface area contributed by atoms with E-state index in [0.29, 0.717) is 13.0 Å². The number of carboxylic acid groups (broad SMARTS) is 1. The summed E-state index contributed by atoms with van der Waals surface area (Å²) in [5.74, 6) is -1.74. The summed E-state index contributed by atoms with van der Waals surface area (Å²) in [6.45, 7) is 2.54. The van der Waals surface area contributed by atoms with E-state index in [1.54, 1.807) is 12.1 Å². The van der Waals surface area contributed by atoms with E-state index in [-0.39, 0.29) is 34.9 Å². The van der Waals surface area contributed by atoms with Crippen LogP contribution >= 0.6 is 0 Å². The van der Waals surface area contributed by atoms with E-state index in [1.165, 1.54) is 17.0 Å². The lowest BCUT2D eigenvalue weighted by molar-refractivity contribution is -0.143. The number of carboxylic acids is 1. The maximum absolute atomic E-state index is 12.9. The molecule has 2 fully saturated rings. The average Bonchev–Trinajstić information content (AvgIpc) is 3.13. The largest absolute Gasteiger partial charge is 0.481 e. The van der Waals surface area contributed by atoms with Crippen LogP contribution < -0.4 is 4.72 Å². The third-order valence-electron chi connectivity index (χ3n) is 5.36. The monoisotopic (exact) mass is 394 g/mol. The van der Waals surface area contributed by atoms with E-state index < -0.39 is 21.9 Å². The minimum absolute atomic E-state index is 0.0476. The van der Waals surface area contributed by atoms with Gasteiger partial charge in [-0.2, -0.15) is 0 Å². The van der Waals surface area contributed by atoms with E-state index in [2.05, 4.69) is 4.72 Å². The zero-order valence-corrected chi connectivity index (χ0v) is 16.2. The highest BCUT2D eigenvalue weighted by Gasteiger charge is 2.32. The van der Waals surface area contributed by atoms with E-state index in [4.69, 9.17) is 0 Å². The molecule has 0 radical (unpaired) electrons. The molecule has 8 heteroatoms. The standard InChI is InChI=1S/C19H26N2O5S/c1-13-9-15(19(23)24)12-21(11-13)18(22)14-5-4-8-17(10-14)27(25,26)20-16-6-2-3-7-16/h4-5,8,10,13,15-16,20H,2-3,6-7,9,11-12H2,1H3,(H,23,24). The topological polar surface area (TPSA) is 104 Å². The number of hydrogen-bond acceptors (Lipinski definition) is 4. The zero-order chi connectivity index (χ0) is 19.6. The van der Waals surface area contributed by atoms with Crippen molar-refractivity contribution in [1.82, 2.24) is 9.62 Å². The molecule has 1 amide bonds. The van der Waals surface area contributed by atoms with Gasteiger partial charge in [0.2, 0.25) is 10.0 Å². The number of nitrogens with one attached hydrogen (secondary N) is 1. The number of hydrogen-bond donors (Lipinski definition) is 2. The molecule has 7 nitrogen and oxygen atoms in total. The van der Waals surface area contributed by atoms with Gasteiger partial charge in [-0.05, 0) is 43.4 Å². The molecule has 0 aromatic heterocycles. The van der Waals surface area contributed by atoms with Crippen LogP contribution in [0.1, 0.15) is 49.4 Å². The van der Waals surface area contributed by atoms with Crippen molar-refractivity contribution >= 4 is 21.9 Å². The summed E-state index contributed by atoms with van der Waals surface area (Å²) in [7, 11) is -3.68. The first-order chi connectivity index (χ1) is 12.8. The third kappa shape index (κ3) is 4.68. The molecule has 1 aliphatic carbocycles. The summed E-state index contributed by atoms with van der Waals surface area (Å²) >= 11 is 0. The number of rotatable bonds is 5. The lowest BCUT2D eigenvalue weighted by atomic mass is 9.90. The van der Waals surface area contributed by atoms with Crippen LogP contribution in [-0.4, -0.2) is 49.4 Å². The van der Waals surface area contributed by atoms with Crippen molar-refractivity contribution in [3.63, 3.8) is 0 Å². The predicted octanol–water partition coefficient (Wildman–Crippen LogP) is 2.09. The van der Waals surface area contributed by atoms with Crippen molar-refractivity contribution < 1.29 is 23.1 Å². The van der Waals surface area contributed by atoms with Gasteiger partial charge in [-0.1, -0.05) is 25.8 Å². The Kier molecular flexibility index (Phi) is 5.86. The lowest BCUT2D eigenvalue weighted by Crippen LogP contribution is -2.45. The number of sulfonamides is 1.